The van der Waals surface area contributed by atoms with Crippen molar-refractivity contribution in [3.8, 4) is 0 Å². The molecule has 0 unspecified atom stereocenters. The topological polar surface area (TPSA) is 95.5 Å². The first-order valence-electron chi connectivity index (χ1n) is 4.48. The van der Waals surface area contributed by atoms with E-state index in [4.69, 9.17) is 5.11 Å². The second kappa shape index (κ2) is 4.72. The highest BCUT2D eigenvalue weighted by atomic mass is 32.2. The Bertz CT molecular complexity index is 297. The number of hydrogen-bond acceptors (Lipinski definition) is 3. The fourth-order valence-corrected chi connectivity index (χ4v) is 2.08. The lowest BCUT2D eigenvalue weighted by Gasteiger charge is -2.05. The van der Waals surface area contributed by atoms with Crippen LogP contribution in [0.3, 0.4) is 0 Å². The molecule has 3 N–H and O–H groups in total. The summed E-state index contributed by atoms with van der Waals surface area (Å²) < 4.78 is 27.0. The monoisotopic (exact) mass is 222 g/mol. The highest BCUT2D eigenvalue weighted by Crippen LogP contribution is 2.19. The summed E-state index contributed by atoms with van der Waals surface area (Å²) in [7, 11) is -3.41. The van der Waals surface area contributed by atoms with Crippen molar-refractivity contribution in [1.82, 2.24) is 9.44 Å². The molecule has 82 valence electrons. The van der Waals surface area contributed by atoms with E-state index >= 15 is 0 Å². The second-order valence-electron chi connectivity index (χ2n) is 3.29. The maximum absolute atomic E-state index is 11.2. The van der Waals surface area contributed by atoms with Crippen molar-refractivity contribution in [3.63, 3.8) is 0 Å². The van der Waals surface area contributed by atoms with Gasteiger partial charge in [-0.15, -0.1) is 0 Å². The van der Waals surface area contributed by atoms with Crippen LogP contribution in [0, 0.1) is 0 Å². The molecule has 0 atom stereocenters. The molecule has 6 nitrogen and oxygen atoms in total. The molecular weight excluding hydrogens is 208 g/mol. The summed E-state index contributed by atoms with van der Waals surface area (Å²) in [5, 5.41) is 8.31. The Labute approximate surface area is 82.9 Å². The van der Waals surface area contributed by atoms with Gasteiger partial charge >= 0.3 is 5.97 Å². The molecule has 0 aromatic heterocycles. The molecule has 0 aromatic carbocycles. The van der Waals surface area contributed by atoms with E-state index in [2.05, 4.69) is 9.44 Å². The second-order valence-corrected chi connectivity index (χ2v) is 4.82. The van der Waals surface area contributed by atoms with Gasteiger partial charge in [0.25, 0.3) is 10.2 Å². The van der Waals surface area contributed by atoms with Crippen LogP contribution in [-0.4, -0.2) is 32.1 Å². The molecular formula is C7H14N2O4S. The van der Waals surface area contributed by atoms with Crippen molar-refractivity contribution in [3.05, 3.63) is 0 Å². The molecule has 0 amide bonds. The third-order valence-corrected chi connectivity index (χ3v) is 2.99. The van der Waals surface area contributed by atoms with Crippen molar-refractivity contribution in [2.75, 3.05) is 6.54 Å². The molecule has 1 fully saturated rings. The third kappa shape index (κ3) is 5.15. The van der Waals surface area contributed by atoms with E-state index in [0.717, 1.165) is 12.8 Å². The predicted molar refractivity (Wildman–Crippen MR) is 50.0 cm³/mol. The lowest BCUT2D eigenvalue weighted by molar-refractivity contribution is -0.137. The first kappa shape index (κ1) is 11.4. The summed E-state index contributed by atoms with van der Waals surface area (Å²) in [4.78, 5) is 10.1. The Morgan fingerprint density at radius 3 is 2.57 bits per heavy atom. The minimum atomic E-state index is -3.41. The molecule has 14 heavy (non-hydrogen) atoms. The van der Waals surface area contributed by atoms with Gasteiger partial charge in [0.2, 0.25) is 0 Å². The summed E-state index contributed by atoms with van der Waals surface area (Å²) in [6.45, 7) is 0.161. The van der Waals surface area contributed by atoms with Crippen LogP contribution in [0.25, 0.3) is 0 Å². The Hall–Kier alpha value is -0.660. The van der Waals surface area contributed by atoms with E-state index in [9.17, 15) is 13.2 Å². The maximum atomic E-state index is 11.2. The van der Waals surface area contributed by atoms with E-state index in [1.807, 2.05) is 0 Å². The largest absolute Gasteiger partial charge is 0.481 e. The summed E-state index contributed by atoms with van der Waals surface area (Å²) in [5.41, 5.74) is 0. The number of carbonyl (C=O) groups is 1. The molecule has 0 radical (unpaired) electrons. The highest BCUT2D eigenvalue weighted by Gasteiger charge is 2.26. The first-order chi connectivity index (χ1) is 6.49. The fourth-order valence-electron chi connectivity index (χ4n) is 0.908. The summed E-state index contributed by atoms with van der Waals surface area (Å²) in [6.07, 6.45) is 2.05. The van der Waals surface area contributed by atoms with Crippen LogP contribution in [0.1, 0.15) is 25.7 Å². The van der Waals surface area contributed by atoms with Crippen LogP contribution in [0.15, 0.2) is 0 Å². The number of nitrogens with one attached hydrogen (secondary N) is 2. The molecule has 1 saturated carbocycles. The highest BCUT2D eigenvalue weighted by molar-refractivity contribution is 7.87. The predicted octanol–water partition coefficient (Wildman–Crippen LogP) is -0.562. The van der Waals surface area contributed by atoms with Crippen LogP contribution in [-0.2, 0) is 15.0 Å². The Balaban J connectivity index is 2.12. The van der Waals surface area contributed by atoms with Crippen LogP contribution in [0.4, 0.5) is 0 Å². The van der Waals surface area contributed by atoms with Crippen molar-refractivity contribution in [1.29, 1.82) is 0 Å². The van der Waals surface area contributed by atoms with Gasteiger partial charge in [-0.2, -0.15) is 13.1 Å². The van der Waals surface area contributed by atoms with Gasteiger partial charge in [0.15, 0.2) is 0 Å². The SMILES string of the molecule is O=C(O)CCCNS(=O)(=O)NC1CC1. The van der Waals surface area contributed by atoms with Gasteiger partial charge in [-0.05, 0) is 19.3 Å². The minimum absolute atomic E-state index is 0.0219. The van der Waals surface area contributed by atoms with E-state index in [1.165, 1.54) is 0 Å². The Morgan fingerprint density at radius 2 is 2.07 bits per heavy atom. The first-order valence-corrected chi connectivity index (χ1v) is 5.96. The molecule has 1 aliphatic rings. The molecule has 0 aliphatic heterocycles. The number of carboxylic acid groups (broad SMARTS) is 1. The smallest absolute Gasteiger partial charge is 0.303 e. The molecule has 0 spiro atoms. The minimum Gasteiger partial charge on any atom is -0.481 e. The zero-order chi connectivity index (χ0) is 10.6. The van der Waals surface area contributed by atoms with Gasteiger partial charge in [-0.25, -0.2) is 4.72 Å². The van der Waals surface area contributed by atoms with Gasteiger partial charge in [-0.1, -0.05) is 0 Å². The summed E-state index contributed by atoms with van der Waals surface area (Å²) in [5.74, 6) is -0.917. The standard InChI is InChI=1S/C7H14N2O4S/c10-7(11)2-1-5-8-14(12,13)9-6-3-4-6/h6,8-9H,1-5H2,(H,10,11). The van der Waals surface area contributed by atoms with E-state index in [1.54, 1.807) is 0 Å². The van der Waals surface area contributed by atoms with Crippen molar-refractivity contribution in [2.24, 2.45) is 0 Å². The van der Waals surface area contributed by atoms with Crippen molar-refractivity contribution >= 4 is 16.2 Å². The van der Waals surface area contributed by atoms with Crippen molar-refractivity contribution < 1.29 is 18.3 Å². The number of carboxylic acids is 1. The summed E-state index contributed by atoms with van der Waals surface area (Å²) >= 11 is 0. The van der Waals surface area contributed by atoms with Gasteiger partial charge in [0.1, 0.15) is 0 Å². The fraction of sp³-hybridized carbons (Fsp3) is 0.857. The Kier molecular flexibility index (Phi) is 3.85. The van der Waals surface area contributed by atoms with E-state index < -0.39 is 16.2 Å². The number of rotatable bonds is 7. The van der Waals surface area contributed by atoms with Gasteiger partial charge < -0.3 is 5.11 Å². The Morgan fingerprint density at radius 1 is 1.43 bits per heavy atom. The molecule has 0 bridgehead atoms. The molecule has 7 heteroatoms. The average Bonchev–Trinajstić information content (AvgIpc) is 2.81. The van der Waals surface area contributed by atoms with Gasteiger partial charge in [-0.3, -0.25) is 4.79 Å². The van der Waals surface area contributed by atoms with Crippen LogP contribution in [0.2, 0.25) is 0 Å². The van der Waals surface area contributed by atoms with Gasteiger partial charge in [0, 0.05) is 19.0 Å². The number of aliphatic carboxylic acids is 1. The number of hydrogen-bond donors (Lipinski definition) is 3. The average molecular weight is 222 g/mol. The van der Waals surface area contributed by atoms with Gasteiger partial charge in [0.05, 0.1) is 0 Å². The molecule has 0 aromatic rings. The van der Waals surface area contributed by atoms with Crippen molar-refractivity contribution in [2.45, 2.75) is 31.7 Å². The molecule has 0 saturated heterocycles. The quantitative estimate of drug-likeness (QED) is 0.503. The summed E-state index contributed by atoms with van der Waals surface area (Å²) in [6, 6.07) is 0.0759. The van der Waals surface area contributed by atoms with Crippen LogP contribution < -0.4 is 9.44 Å². The molecule has 0 heterocycles. The van der Waals surface area contributed by atoms with E-state index in [0.29, 0.717) is 6.42 Å². The lowest BCUT2D eigenvalue weighted by atomic mass is 10.3. The molecule has 1 rings (SSSR count). The molecule has 1 aliphatic carbocycles. The zero-order valence-electron chi connectivity index (χ0n) is 7.69. The maximum Gasteiger partial charge on any atom is 0.303 e. The van der Waals surface area contributed by atoms with E-state index in [-0.39, 0.29) is 19.0 Å². The van der Waals surface area contributed by atoms with Crippen LogP contribution >= 0.6 is 0 Å². The third-order valence-electron chi connectivity index (χ3n) is 1.76. The zero-order valence-corrected chi connectivity index (χ0v) is 8.51. The lowest BCUT2D eigenvalue weighted by Crippen LogP contribution is -2.38. The van der Waals surface area contributed by atoms with Crippen LogP contribution in [0.5, 0.6) is 0 Å². The normalized spacial score (nSPS) is 16.9.